The zero-order valence-corrected chi connectivity index (χ0v) is 33.8. The second-order valence-electron chi connectivity index (χ2n) is 14.1. The van der Waals surface area contributed by atoms with E-state index in [2.05, 4.69) is 131 Å². The van der Waals surface area contributed by atoms with Crippen LogP contribution in [-0.2, 0) is 0 Å². The monoisotopic (exact) mass is 796 g/mol. The van der Waals surface area contributed by atoms with Gasteiger partial charge in [0.25, 0.3) is 0 Å². The van der Waals surface area contributed by atoms with E-state index in [0.29, 0.717) is 0 Å². The third-order valence-corrected chi connectivity index (χ3v) is 18.0. The smallest absolute Gasteiger partial charge is 0.148 e. The van der Waals surface area contributed by atoms with Crippen LogP contribution in [0, 0.1) is 0 Å². The summed E-state index contributed by atoms with van der Waals surface area (Å²) in [6.45, 7) is 4.95. The van der Waals surface area contributed by atoms with Crippen molar-refractivity contribution in [3.8, 4) is 74.6 Å². The Morgan fingerprint density at radius 2 is 0.691 bits per heavy atom. The molecule has 0 saturated carbocycles. The molecule has 0 spiro atoms. The van der Waals surface area contributed by atoms with Crippen molar-refractivity contribution in [3.05, 3.63) is 133 Å². The topological polar surface area (TPSA) is 77.3 Å². The minimum atomic E-state index is -1.96. The highest BCUT2D eigenvalue weighted by molar-refractivity contribution is 7.22. The van der Waals surface area contributed by atoms with E-state index in [9.17, 15) is 0 Å². The lowest BCUT2D eigenvalue weighted by molar-refractivity contribution is 1.10. The number of benzene rings is 6. The van der Waals surface area contributed by atoms with Crippen LogP contribution in [-0.4, -0.2) is 38.4 Å². The maximum atomic E-state index is 5.17. The number of fused-ring (bicyclic) bond motifs is 5. The minimum absolute atomic E-state index is 0.915. The van der Waals surface area contributed by atoms with Gasteiger partial charge in [0, 0.05) is 33.4 Å². The Balaban J connectivity index is 0.878. The van der Waals surface area contributed by atoms with Crippen LogP contribution < -0.4 is 10.4 Å². The summed E-state index contributed by atoms with van der Waals surface area (Å²) < 4.78 is 2.47. The summed E-state index contributed by atoms with van der Waals surface area (Å²) in [7, 11) is -1.96. The lowest BCUT2D eigenvalue weighted by Gasteiger charge is -2.18. The number of rotatable bonds is 6. The predicted molar refractivity (Wildman–Crippen MR) is 235 cm³/mol. The van der Waals surface area contributed by atoms with Gasteiger partial charge in [-0.05, 0) is 45.8 Å². The quantitative estimate of drug-likeness (QED) is 0.156. The van der Waals surface area contributed by atoms with Gasteiger partial charge in [-0.25, -0.2) is 9.97 Å². The van der Waals surface area contributed by atoms with Crippen LogP contribution >= 0.6 is 45.3 Å². The van der Waals surface area contributed by atoms with Crippen molar-refractivity contribution >= 4 is 84.2 Å². The first-order chi connectivity index (χ1) is 26.9. The second kappa shape index (κ2) is 12.8. The highest BCUT2D eigenvalue weighted by Gasteiger charge is 2.38. The molecule has 0 unspecified atom stereocenters. The molecule has 262 valence electrons. The molecule has 0 radical (unpaired) electrons. The van der Waals surface area contributed by atoms with E-state index in [4.69, 9.17) is 9.97 Å². The van der Waals surface area contributed by atoms with Crippen LogP contribution in [0.4, 0.5) is 0 Å². The molecule has 6 nitrogen and oxygen atoms in total. The first-order valence-electron chi connectivity index (χ1n) is 17.8. The number of nitrogens with zero attached hydrogens (tertiary/aromatic N) is 6. The molecular weight excluding hydrogens is 769 g/mol. The van der Waals surface area contributed by atoms with Gasteiger partial charge in [-0.2, -0.15) is 0 Å². The summed E-state index contributed by atoms with van der Waals surface area (Å²) in [5, 5.41) is 26.5. The van der Waals surface area contributed by atoms with Crippen LogP contribution in [0.1, 0.15) is 0 Å². The largest absolute Gasteiger partial charge is 0.236 e. The van der Waals surface area contributed by atoms with Crippen molar-refractivity contribution in [2.75, 3.05) is 0 Å². The molecule has 5 heterocycles. The third kappa shape index (κ3) is 5.61. The number of aromatic nitrogens is 6. The van der Waals surface area contributed by atoms with Crippen LogP contribution in [0.2, 0.25) is 13.1 Å². The van der Waals surface area contributed by atoms with E-state index in [0.717, 1.165) is 74.5 Å². The first-order valence-corrected chi connectivity index (χ1v) is 24.1. The van der Waals surface area contributed by atoms with Crippen molar-refractivity contribution in [1.82, 2.24) is 30.4 Å². The molecule has 6 aromatic carbocycles. The number of thiazole rings is 2. The van der Waals surface area contributed by atoms with Crippen molar-refractivity contribution in [2.45, 2.75) is 13.1 Å². The average molecular weight is 797 g/mol. The normalized spacial score (nSPS) is 13.1. The molecule has 55 heavy (non-hydrogen) atoms. The third-order valence-electron chi connectivity index (χ3n) is 10.3. The Kier molecular flexibility index (Phi) is 7.61. The summed E-state index contributed by atoms with van der Waals surface area (Å²) in [4.78, 5) is 10.3. The first kappa shape index (κ1) is 32.8. The maximum Gasteiger partial charge on any atom is 0.148 e. The lowest BCUT2D eigenvalue weighted by atomic mass is 10.1. The predicted octanol–water partition coefficient (Wildman–Crippen LogP) is 11.4. The summed E-state index contributed by atoms with van der Waals surface area (Å²) in [6.07, 6.45) is 0. The van der Waals surface area contributed by atoms with Crippen LogP contribution in [0.25, 0.3) is 95.0 Å². The van der Waals surface area contributed by atoms with Crippen molar-refractivity contribution in [3.63, 3.8) is 0 Å². The molecule has 1 aliphatic heterocycles. The number of hydrogen-bond donors (Lipinski definition) is 0. The maximum absolute atomic E-state index is 5.17. The van der Waals surface area contributed by atoms with Crippen LogP contribution in [0.5, 0.6) is 0 Å². The van der Waals surface area contributed by atoms with Gasteiger partial charge in [-0.1, -0.05) is 145 Å². The van der Waals surface area contributed by atoms with Crippen molar-refractivity contribution in [1.29, 1.82) is 0 Å². The summed E-state index contributed by atoms with van der Waals surface area (Å²) in [5.41, 5.74) is 11.2. The van der Waals surface area contributed by atoms with Crippen molar-refractivity contribution in [2.24, 2.45) is 0 Å². The molecule has 4 aromatic heterocycles. The average Bonchev–Trinajstić information content (AvgIpc) is 4.08. The van der Waals surface area contributed by atoms with Gasteiger partial charge in [-0.15, -0.1) is 43.1 Å². The zero-order valence-electron chi connectivity index (χ0n) is 29.5. The SMILES string of the molecule is C[Si]1(C)c2cc3sc(-c4ccc(-c5nnc(-c6ccccc6)s5)cc4)nc3cc2-c2cc3nc(-c4ccc(-c5nnc(-c6ccccc6)s5)cc4)sc3cc21. The fourth-order valence-electron chi connectivity index (χ4n) is 7.40. The zero-order chi connectivity index (χ0) is 36.7. The number of hydrogen-bond acceptors (Lipinski definition) is 10. The van der Waals surface area contributed by atoms with Crippen LogP contribution in [0.15, 0.2) is 133 Å². The molecule has 0 amide bonds. The summed E-state index contributed by atoms with van der Waals surface area (Å²) in [5.74, 6) is 0. The van der Waals surface area contributed by atoms with Gasteiger partial charge in [0.2, 0.25) is 0 Å². The van der Waals surface area contributed by atoms with E-state index in [1.165, 1.54) is 30.9 Å². The Bertz CT molecular complexity index is 2850. The molecule has 0 atom stereocenters. The van der Waals surface area contributed by atoms with Gasteiger partial charge < -0.3 is 0 Å². The molecule has 0 aliphatic carbocycles. The molecule has 0 N–H and O–H groups in total. The molecule has 1 aliphatic rings. The van der Waals surface area contributed by atoms with E-state index >= 15 is 0 Å². The fraction of sp³-hybridized carbons (Fsp3) is 0.0455. The molecule has 0 bridgehead atoms. The standard InChI is InChI=1S/C44H28N6S4Si/c1-55(2)37-23-35-33(45-39(51-35)27-13-17-29(18-14-27)43-49-47-41(53-43)25-9-5-3-6-10-25)21-31(37)32-22-34-36(24-38(32)55)52-40(46-34)28-15-19-30(20-16-28)44-50-48-42(54-44)26-11-7-4-8-12-26/h3-24H,1-2H3. The Morgan fingerprint density at radius 1 is 0.364 bits per heavy atom. The fourth-order valence-corrected chi connectivity index (χ4v) is 14.4. The Hall–Kier alpha value is -5.56. The highest BCUT2D eigenvalue weighted by atomic mass is 32.1. The highest BCUT2D eigenvalue weighted by Crippen LogP contribution is 2.40. The van der Waals surface area contributed by atoms with E-state index in [1.54, 1.807) is 45.3 Å². The van der Waals surface area contributed by atoms with E-state index < -0.39 is 8.07 Å². The molecule has 11 heteroatoms. The minimum Gasteiger partial charge on any atom is -0.236 e. The van der Waals surface area contributed by atoms with Crippen LogP contribution in [0.3, 0.4) is 0 Å². The van der Waals surface area contributed by atoms with E-state index in [-0.39, 0.29) is 0 Å². The molecule has 0 fully saturated rings. The summed E-state index contributed by atoms with van der Waals surface area (Å²) in [6, 6.07) is 47.0. The Morgan fingerprint density at radius 3 is 1.05 bits per heavy atom. The second-order valence-corrected chi connectivity index (χ2v) is 22.4. The van der Waals surface area contributed by atoms with Gasteiger partial charge in [0.05, 0.1) is 20.4 Å². The van der Waals surface area contributed by atoms with Gasteiger partial charge in [0.1, 0.15) is 38.1 Å². The molecule has 0 saturated heterocycles. The lowest BCUT2D eigenvalue weighted by Crippen LogP contribution is -2.49. The van der Waals surface area contributed by atoms with Gasteiger partial charge >= 0.3 is 0 Å². The van der Waals surface area contributed by atoms with Gasteiger partial charge in [0.15, 0.2) is 0 Å². The van der Waals surface area contributed by atoms with E-state index in [1.807, 2.05) is 36.4 Å². The Labute approximate surface area is 333 Å². The molecule has 10 aromatic rings. The summed E-state index contributed by atoms with van der Waals surface area (Å²) >= 11 is 6.77. The van der Waals surface area contributed by atoms with Crippen molar-refractivity contribution < 1.29 is 0 Å². The molecular formula is C44H28N6S4Si. The van der Waals surface area contributed by atoms with Gasteiger partial charge in [-0.3, -0.25) is 0 Å². The molecule has 11 rings (SSSR count).